The molecule has 18 heavy (non-hydrogen) atoms. The molecule has 6 heteroatoms. The summed E-state index contributed by atoms with van der Waals surface area (Å²) in [5.74, 6) is 4.68. The molecule has 0 amide bonds. The minimum absolute atomic E-state index is 0.611. The molecule has 2 heterocycles. The van der Waals surface area contributed by atoms with Crippen molar-refractivity contribution >= 4 is 17.6 Å². The van der Waals surface area contributed by atoms with Crippen LogP contribution in [0.5, 0.6) is 5.88 Å². The molecule has 0 saturated carbocycles. The smallest absolute Gasteiger partial charge is 0.218 e. The second-order valence-corrected chi connectivity index (χ2v) is 5.45. The number of anilines is 1. The van der Waals surface area contributed by atoms with Gasteiger partial charge in [0.25, 0.3) is 0 Å². The van der Waals surface area contributed by atoms with Gasteiger partial charge < -0.3 is 10.1 Å². The van der Waals surface area contributed by atoms with Crippen molar-refractivity contribution in [2.45, 2.75) is 6.92 Å². The van der Waals surface area contributed by atoms with Crippen molar-refractivity contribution in [2.75, 3.05) is 50.1 Å². The number of nitrogens with one attached hydrogen (secondary N) is 1. The van der Waals surface area contributed by atoms with Gasteiger partial charge in [0.15, 0.2) is 0 Å². The molecule has 0 spiro atoms. The zero-order chi connectivity index (χ0) is 12.8. The lowest BCUT2D eigenvalue weighted by Gasteiger charge is -2.26. The first-order chi connectivity index (χ1) is 8.78. The van der Waals surface area contributed by atoms with Gasteiger partial charge in [0.05, 0.1) is 7.11 Å². The molecule has 1 aliphatic heterocycles. The summed E-state index contributed by atoms with van der Waals surface area (Å²) in [7, 11) is 1.62. The van der Waals surface area contributed by atoms with Gasteiger partial charge in [-0.05, 0) is 6.92 Å². The minimum Gasteiger partial charge on any atom is -0.481 e. The predicted molar refractivity (Wildman–Crippen MR) is 75.6 cm³/mol. The highest BCUT2D eigenvalue weighted by Crippen LogP contribution is 2.13. The molecule has 1 aromatic heterocycles. The van der Waals surface area contributed by atoms with Crippen LogP contribution < -0.4 is 10.1 Å². The summed E-state index contributed by atoms with van der Waals surface area (Å²) >= 11 is 2.04. The van der Waals surface area contributed by atoms with Gasteiger partial charge in [-0.25, -0.2) is 4.98 Å². The summed E-state index contributed by atoms with van der Waals surface area (Å²) in [6.07, 6.45) is 0. The fraction of sp³-hybridized carbons (Fsp3) is 0.667. The average Bonchev–Trinajstić information content (AvgIpc) is 2.39. The first kappa shape index (κ1) is 13.4. The number of hydrogen-bond acceptors (Lipinski definition) is 6. The van der Waals surface area contributed by atoms with Crippen LogP contribution >= 0.6 is 11.8 Å². The predicted octanol–water partition coefficient (Wildman–Crippen LogP) is 1.25. The molecule has 1 aromatic rings. The summed E-state index contributed by atoms with van der Waals surface area (Å²) in [4.78, 5) is 11.0. The fourth-order valence-corrected chi connectivity index (χ4v) is 2.88. The van der Waals surface area contributed by atoms with Crippen molar-refractivity contribution in [3.05, 3.63) is 11.9 Å². The summed E-state index contributed by atoms with van der Waals surface area (Å²) in [6.45, 7) is 6.22. The normalized spacial score (nSPS) is 16.6. The van der Waals surface area contributed by atoms with Gasteiger partial charge in [0.1, 0.15) is 11.6 Å². The van der Waals surface area contributed by atoms with E-state index in [2.05, 4.69) is 20.2 Å². The Hall–Kier alpha value is -1.01. The van der Waals surface area contributed by atoms with E-state index in [1.54, 1.807) is 7.11 Å². The Morgan fingerprint density at radius 3 is 2.89 bits per heavy atom. The Morgan fingerprint density at radius 1 is 1.39 bits per heavy atom. The SMILES string of the molecule is COc1cc(NCCN2CCSCC2)nc(C)n1. The molecule has 100 valence electrons. The van der Waals surface area contributed by atoms with Gasteiger partial charge in [-0.3, -0.25) is 4.90 Å². The van der Waals surface area contributed by atoms with Crippen molar-refractivity contribution in [1.29, 1.82) is 0 Å². The van der Waals surface area contributed by atoms with E-state index >= 15 is 0 Å². The quantitative estimate of drug-likeness (QED) is 0.867. The third-order valence-corrected chi connectivity index (χ3v) is 3.80. The van der Waals surface area contributed by atoms with Crippen LogP contribution in [0.4, 0.5) is 5.82 Å². The third-order valence-electron chi connectivity index (χ3n) is 2.86. The Kier molecular flexibility index (Phi) is 5.07. The van der Waals surface area contributed by atoms with Crippen molar-refractivity contribution in [3.8, 4) is 5.88 Å². The van der Waals surface area contributed by atoms with Gasteiger partial charge in [-0.1, -0.05) is 0 Å². The Bertz CT molecular complexity index is 382. The summed E-state index contributed by atoms with van der Waals surface area (Å²) in [6, 6.07) is 1.83. The van der Waals surface area contributed by atoms with E-state index in [0.717, 1.165) is 24.7 Å². The van der Waals surface area contributed by atoms with Crippen LogP contribution in [0.15, 0.2) is 6.07 Å². The number of aryl methyl sites for hydroxylation is 1. The summed E-state index contributed by atoms with van der Waals surface area (Å²) in [5, 5.41) is 3.33. The summed E-state index contributed by atoms with van der Waals surface area (Å²) < 4.78 is 5.13. The number of thioether (sulfide) groups is 1. The minimum atomic E-state index is 0.611. The Balaban J connectivity index is 1.80. The molecule has 0 unspecified atom stereocenters. The first-order valence-corrected chi connectivity index (χ1v) is 7.37. The molecule has 0 radical (unpaired) electrons. The zero-order valence-corrected chi connectivity index (χ0v) is 11.8. The van der Waals surface area contributed by atoms with Crippen LogP contribution in [-0.2, 0) is 0 Å². The molecular formula is C12H20N4OS. The summed E-state index contributed by atoms with van der Waals surface area (Å²) in [5.41, 5.74) is 0. The maximum atomic E-state index is 5.13. The monoisotopic (exact) mass is 268 g/mol. The molecule has 1 fully saturated rings. The maximum Gasteiger partial charge on any atom is 0.218 e. The lowest BCUT2D eigenvalue weighted by atomic mass is 10.4. The highest BCUT2D eigenvalue weighted by atomic mass is 32.2. The van der Waals surface area contributed by atoms with Gasteiger partial charge >= 0.3 is 0 Å². The molecule has 0 atom stereocenters. The molecule has 2 rings (SSSR count). The maximum absolute atomic E-state index is 5.13. The molecule has 0 aliphatic carbocycles. The molecular weight excluding hydrogens is 248 g/mol. The van der Waals surface area contributed by atoms with Gasteiger partial charge in [0.2, 0.25) is 5.88 Å². The van der Waals surface area contributed by atoms with Crippen molar-refractivity contribution < 1.29 is 4.74 Å². The molecule has 1 N–H and O–H groups in total. The number of rotatable bonds is 5. The molecule has 0 bridgehead atoms. The van der Waals surface area contributed by atoms with E-state index in [9.17, 15) is 0 Å². The van der Waals surface area contributed by atoms with E-state index in [0.29, 0.717) is 5.88 Å². The lowest BCUT2D eigenvalue weighted by molar-refractivity contribution is 0.314. The van der Waals surface area contributed by atoms with E-state index in [-0.39, 0.29) is 0 Å². The van der Waals surface area contributed by atoms with E-state index in [1.165, 1.54) is 24.6 Å². The van der Waals surface area contributed by atoms with E-state index < -0.39 is 0 Å². The van der Waals surface area contributed by atoms with Crippen LogP contribution in [-0.4, -0.2) is 59.7 Å². The molecule has 1 aliphatic rings. The first-order valence-electron chi connectivity index (χ1n) is 6.21. The highest BCUT2D eigenvalue weighted by Gasteiger charge is 2.09. The van der Waals surface area contributed by atoms with Gasteiger partial charge in [-0.2, -0.15) is 16.7 Å². The van der Waals surface area contributed by atoms with Crippen molar-refractivity contribution in [3.63, 3.8) is 0 Å². The fourth-order valence-electron chi connectivity index (χ4n) is 1.90. The van der Waals surface area contributed by atoms with Crippen LogP contribution in [0.2, 0.25) is 0 Å². The Labute approximate surface area is 112 Å². The highest BCUT2D eigenvalue weighted by molar-refractivity contribution is 7.99. The largest absolute Gasteiger partial charge is 0.481 e. The molecule has 5 nitrogen and oxygen atoms in total. The number of hydrogen-bond donors (Lipinski definition) is 1. The lowest BCUT2D eigenvalue weighted by Crippen LogP contribution is -2.36. The topological polar surface area (TPSA) is 50.3 Å². The standard InChI is InChI=1S/C12H20N4OS/c1-10-14-11(9-12(15-10)17-2)13-3-4-16-5-7-18-8-6-16/h9H,3-8H2,1-2H3,(H,13,14,15). The van der Waals surface area contributed by atoms with Crippen LogP contribution in [0.1, 0.15) is 5.82 Å². The molecule has 0 aromatic carbocycles. The Morgan fingerprint density at radius 2 is 2.17 bits per heavy atom. The third kappa shape index (κ3) is 4.03. The van der Waals surface area contributed by atoms with E-state index in [4.69, 9.17) is 4.74 Å². The number of nitrogens with zero attached hydrogens (tertiary/aromatic N) is 3. The second-order valence-electron chi connectivity index (χ2n) is 4.22. The number of methoxy groups -OCH3 is 1. The number of ether oxygens (including phenoxy) is 1. The van der Waals surface area contributed by atoms with Gasteiger partial charge in [0, 0.05) is 43.8 Å². The number of aromatic nitrogens is 2. The van der Waals surface area contributed by atoms with Crippen LogP contribution in [0, 0.1) is 6.92 Å². The average molecular weight is 268 g/mol. The van der Waals surface area contributed by atoms with Crippen LogP contribution in [0.3, 0.4) is 0 Å². The van der Waals surface area contributed by atoms with Crippen molar-refractivity contribution in [1.82, 2.24) is 14.9 Å². The van der Waals surface area contributed by atoms with Crippen molar-refractivity contribution in [2.24, 2.45) is 0 Å². The van der Waals surface area contributed by atoms with Crippen LogP contribution in [0.25, 0.3) is 0 Å². The van der Waals surface area contributed by atoms with Gasteiger partial charge in [-0.15, -0.1) is 0 Å². The molecule has 1 saturated heterocycles. The second kappa shape index (κ2) is 6.80. The van der Waals surface area contributed by atoms with E-state index in [1.807, 2.05) is 24.8 Å². The zero-order valence-electron chi connectivity index (χ0n) is 11.0.